The minimum absolute atomic E-state index is 0.955. The smallest absolute Gasteiger partial charge is 0.0570 e. The van der Waals surface area contributed by atoms with Crippen molar-refractivity contribution in [3.8, 4) is 0 Å². The summed E-state index contributed by atoms with van der Waals surface area (Å²) in [6.45, 7) is 4.95. The van der Waals surface area contributed by atoms with Crippen molar-refractivity contribution < 1.29 is 0 Å². The lowest BCUT2D eigenvalue weighted by Crippen LogP contribution is -2.34. The van der Waals surface area contributed by atoms with Gasteiger partial charge < -0.3 is 9.88 Å². The van der Waals surface area contributed by atoms with Crippen LogP contribution in [0.25, 0.3) is 10.9 Å². The van der Waals surface area contributed by atoms with Crippen LogP contribution in [0.4, 0.5) is 0 Å². The number of aromatic nitrogens is 3. The molecular weight excluding hydrogens is 286 g/mol. The van der Waals surface area contributed by atoms with Crippen molar-refractivity contribution in [1.29, 1.82) is 0 Å². The molecule has 3 heterocycles. The molecule has 4 rings (SSSR count). The number of H-pyrrole nitrogens is 1. The molecule has 3 aromatic rings. The van der Waals surface area contributed by atoms with E-state index in [0.717, 1.165) is 32.7 Å². The van der Waals surface area contributed by atoms with E-state index in [0.29, 0.717) is 0 Å². The van der Waals surface area contributed by atoms with Gasteiger partial charge in [0.2, 0.25) is 0 Å². The molecule has 0 aliphatic carbocycles. The van der Waals surface area contributed by atoms with E-state index in [2.05, 4.69) is 62.9 Å². The van der Waals surface area contributed by atoms with E-state index in [1.807, 2.05) is 12.4 Å². The maximum Gasteiger partial charge on any atom is 0.0570 e. The minimum atomic E-state index is 0.955. The summed E-state index contributed by atoms with van der Waals surface area (Å²) in [4.78, 5) is 8.03. The molecule has 5 heteroatoms. The van der Waals surface area contributed by atoms with E-state index in [-0.39, 0.29) is 0 Å². The summed E-state index contributed by atoms with van der Waals surface area (Å²) >= 11 is 0. The zero-order valence-corrected chi connectivity index (χ0v) is 13.8. The monoisotopic (exact) mass is 309 g/mol. The first-order valence-electron chi connectivity index (χ1n) is 8.16. The molecule has 0 saturated heterocycles. The fourth-order valence-corrected chi connectivity index (χ4v) is 3.49. The second-order valence-electron chi connectivity index (χ2n) is 6.64. The zero-order chi connectivity index (χ0) is 15.8. The SMILES string of the molecule is CN(C)Cc1cnn2c1CN(Cc1cccc3[nH]ccc13)CC2. The van der Waals surface area contributed by atoms with Gasteiger partial charge in [-0.15, -0.1) is 0 Å². The number of benzene rings is 1. The standard InChI is InChI=1S/C18H23N5/c1-21(2)11-15-10-20-23-9-8-22(13-18(15)23)12-14-4-3-5-17-16(14)6-7-19-17/h3-7,10,19H,8-9,11-13H2,1-2H3. The Morgan fingerprint density at radius 2 is 2.09 bits per heavy atom. The highest BCUT2D eigenvalue weighted by Crippen LogP contribution is 2.23. The minimum Gasteiger partial charge on any atom is -0.361 e. The van der Waals surface area contributed by atoms with E-state index < -0.39 is 0 Å². The fourth-order valence-electron chi connectivity index (χ4n) is 3.49. The summed E-state index contributed by atoms with van der Waals surface area (Å²) in [6, 6.07) is 8.69. The van der Waals surface area contributed by atoms with Gasteiger partial charge in [-0.2, -0.15) is 5.10 Å². The molecule has 1 aromatic carbocycles. The highest BCUT2D eigenvalue weighted by atomic mass is 15.3. The van der Waals surface area contributed by atoms with Crippen molar-refractivity contribution in [1.82, 2.24) is 24.6 Å². The highest BCUT2D eigenvalue weighted by Gasteiger charge is 2.21. The van der Waals surface area contributed by atoms with Gasteiger partial charge in [0.25, 0.3) is 0 Å². The van der Waals surface area contributed by atoms with Gasteiger partial charge >= 0.3 is 0 Å². The molecule has 1 aliphatic heterocycles. The maximum atomic E-state index is 4.55. The number of hydrogen-bond donors (Lipinski definition) is 1. The first kappa shape index (κ1) is 14.5. The zero-order valence-electron chi connectivity index (χ0n) is 13.8. The van der Waals surface area contributed by atoms with Gasteiger partial charge in [0.1, 0.15) is 0 Å². The summed E-state index contributed by atoms with van der Waals surface area (Å²) in [5.41, 5.74) is 5.33. The number of nitrogens with zero attached hydrogens (tertiary/aromatic N) is 4. The van der Waals surface area contributed by atoms with Gasteiger partial charge in [0.05, 0.1) is 18.4 Å². The lowest BCUT2D eigenvalue weighted by atomic mass is 10.1. The summed E-state index contributed by atoms with van der Waals surface area (Å²) < 4.78 is 2.17. The first-order chi connectivity index (χ1) is 11.2. The average Bonchev–Trinajstić information content (AvgIpc) is 3.15. The molecule has 1 aliphatic rings. The van der Waals surface area contributed by atoms with Crippen LogP contribution in [-0.2, 0) is 26.2 Å². The van der Waals surface area contributed by atoms with Crippen LogP contribution >= 0.6 is 0 Å². The normalized spacial score (nSPS) is 15.4. The van der Waals surface area contributed by atoms with Crippen molar-refractivity contribution in [3.63, 3.8) is 0 Å². The van der Waals surface area contributed by atoms with Gasteiger partial charge in [-0.25, -0.2) is 0 Å². The van der Waals surface area contributed by atoms with Gasteiger partial charge in [-0.3, -0.25) is 9.58 Å². The van der Waals surface area contributed by atoms with Crippen molar-refractivity contribution in [2.75, 3.05) is 20.6 Å². The first-order valence-corrected chi connectivity index (χ1v) is 8.16. The molecule has 2 aromatic heterocycles. The molecular formula is C18H23N5. The van der Waals surface area contributed by atoms with Crippen LogP contribution in [-0.4, -0.2) is 45.2 Å². The summed E-state index contributed by atoms with van der Waals surface area (Å²) in [6.07, 6.45) is 4.06. The highest BCUT2D eigenvalue weighted by molar-refractivity contribution is 5.82. The Bertz CT molecular complexity index is 814. The molecule has 1 N–H and O–H groups in total. The molecule has 0 spiro atoms. The van der Waals surface area contributed by atoms with Crippen LogP contribution in [0, 0.1) is 0 Å². The van der Waals surface area contributed by atoms with Gasteiger partial charge in [0, 0.05) is 48.8 Å². The van der Waals surface area contributed by atoms with Crippen molar-refractivity contribution in [2.45, 2.75) is 26.2 Å². The molecule has 0 unspecified atom stereocenters. The predicted octanol–water partition coefficient (Wildman–Crippen LogP) is 2.44. The van der Waals surface area contributed by atoms with Crippen LogP contribution in [0.5, 0.6) is 0 Å². The third-order valence-electron chi connectivity index (χ3n) is 4.60. The third kappa shape index (κ3) is 2.78. The molecule has 0 bridgehead atoms. The van der Waals surface area contributed by atoms with Gasteiger partial charge in [-0.1, -0.05) is 12.1 Å². The Morgan fingerprint density at radius 1 is 1.17 bits per heavy atom. The summed E-state index contributed by atoms with van der Waals surface area (Å²) in [7, 11) is 4.22. The van der Waals surface area contributed by atoms with Crippen LogP contribution in [0.15, 0.2) is 36.7 Å². The predicted molar refractivity (Wildman–Crippen MR) is 92.0 cm³/mol. The molecule has 5 nitrogen and oxygen atoms in total. The third-order valence-corrected chi connectivity index (χ3v) is 4.60. The molecule has 23 heavy (non-hydrogen) atoms. The molecule has 120 valence electrons. The summed E-state index contributed by atoms with van der Waals surface area (Å²) in [5, 5.41) is 5.88. The largest absolute Gasteiger partial charge is 0.361 e. The number of rotatable bonds is 4. The van der Waals surface area contributed by atoms with E-state index in [1.54, 1.807) is 0 Å². The van der Waals surface area contributed by atoms with E-state index in [9.17, 15) is 0 Å². The summed E-state index contributed by atoms with van der Waals surface area (Å²) in [5.74, 6) is 0. The van der Waals surface area contributed by atoms with E-state index >= 15 is 0 Å². The lowest BCUT2D eigenvalue weighted by Gasteiger charge is -2.29. The average molecular weight is 309 g/mol. The molecule has 0 atom stereocenters. The van der Waals surface area contributed by atoms with Crippen LogP contribution in [0.2, 0.25) is 0 Å². The topological polar surface area (TPSA) is 40.1 Å². The Hall–Kier alpha value is -2.11. The molecule has 0 radical (unpaired) electrons. The second-order valence-corrected chi connectivity index (χ2v) is 6.64. The van der Waals surface area contributed by atoms with Crippen molar-refractivity contribution >= 4 is 10.9 Å². The number of nitrogens with one attached hydrogen (secondary N) is 1. The lowest BCUT2D eigenvalue weighted by molar-refractivity contribution is 0.204. The molecule has 0 fully saturated rings. The second kappa shape index (κ2) is 5.83. The molecule has 0 saturated carbocycles. The van der Waals surface area contributed by atoms with E-state index in [1.165, 1.54) is 27.7 Å². The Kier molecular flexibility index (Phi) is 3.67. The Morgan fingerprint density at radius 3 is 2.96 bits per heavy atom. The fraction of sp³-hybridized carbons (Fsp3) is 0.389. The Labute approximate surface area is 136 Å². The number of fused-ring (bicyclic) bond motifs is 2. The van der Waals surface area contributed by atoms with Crippen LogP contribution in [0.3, 0.4) is 0 Å². The van der Waals surface area contributed by atoms with E-state index in [4.69, 9.17) is 0 Å². The number of hydrogen-bond acceptors (Lipinski definition) is 3. The van der Waals surface area contributed by atoms with Crippen molar-refractivity contribution in [2.24, 2.45) is 0 Å². The maximum absolute atomic E-state index is 4.55. The van der Waals surface area contributed by atoms with Crippen LogP contribution < -0.4 is 0 Å². The quantitative estimate of drug-likeness (QED) is 0.805. The van der Waals surface area contributed by atoms with Crippen molar-refractivity contribution in [3.05, 3.63) is 53.5 Å². The number of aromatic amines is 1. The van der Waals surface area contributed by atoms with Gasteiger partial charge in [0.15, 0.2) is 0 Å². The van der Waals surface area contributed by atoms with Gasteiger partial charge in [-0.05, 0) is 31.8 Å². The Balaban J connectivity index is 1.56. The van der Waals surface area contributed by atoms with Crippen LogP contribution in [0.1, 0.15) is 16.8 Å². The molecule has 0 amide bonds.